The number of amides is 1. The summed E-state index contributed by atoms with van der Waals surface area (Å²) in [4.78, 5) is 17.5. The lowest BCUT2D eigenvalue weighted by molar-refractivity contribution is -0.197. The van der Waals surface area contributed by atoms with Gasteiger partial charge in [-0.2, -0.15) is 13.2 Å². The maximum atomic E-state index is 14.2. The molecule has 1 aromatic carbocycles. The summed E-state index contributed by atoms with van der Waals surface area (Å²) in [5.41, 5.74) is 1.54. The van der Waals surface area contributed by atoms with E-state index in [2.05, 4.69) is 4.98 Å². The van der Waals surface area contributed by atoms with Crippen LogP contribution in [0.4, 0.5) is 13.2 Å². The molecule has 0 saturated heterocycles. The van der Waals surface area contributed by atoms with Gasteiger partial charge in [0.2, 0.25) is 5.91 Å². The Hall–Kier alpha value is -1.98. The lowest BCUT2D eigenvalue weighted by Crippen LogP contribution is -2.51. The van der Waals surface area contributed by atoms with Gasteiger partial charge in [-0.3, -0.25) is 4.79 Å². The Balaban J connectivity index is 1.33. The fourth-order valence-corrected chi connectivity index (χ4v) is 7.78. The number of H-pyrrole nitrogens is 1. The standard InChI is InChI=1S/C24H27F3N2O/c25-24(26,27)22-21-18(17-3-1-2-4-19(17)28-21)5-6-29(22)20(30)13-23-10-14-7-15(11-23)9-16(8-14)12-23/h1-4,14-16,22,28H,5-13H2/t14?,15?,16?,22-,23?/m0/s1. The van der Waals surface area contributed by atoms with Crippen LogP contribution < -0.4 is 0 Å². The zero-order valence-electron chi connectivity index (χ0n) is 17.0. The van der Waals surface area contributed by atoms with Crippen molar-refractivity contribution in [2.45, 2.75) is 63.6 Å². The molecule has 1 amide bonds. The van der Waals surface area contributed by atoms with Crippen LogP contribution in [0.15, 0.2) is 24.3 Å². The van der Waals surface area contributed by atoms with Crippen molar-refractivity contribution < 1.29 is 18.0 Å². The highest BCUT2D eigenvalue weighted by Gasteiger charge is 2.54. The molecule has 1 atom stereocenters. The second-order valence-corrected chi connectivity index (χ2v) is 10.4. The average Bonchev–Trinajstić information content (AvgIpc) is 3.03. The first-order chi connectivity index (χ1) is 14.3. The van der Waals surface area contributed by atoms with E-state index in [-0.39, 0.29) is 23.6 Å². The van der Waals surface area contributed by atoms with Crippen molar-refractivity contribution in [1.82, 2.24) is 9.88 Å². The van der Waals surface area contributed by atoms with Gasteiger partial charge in [-0.25, -0.2) is 0 Å². The molecule has 1 aliphatic heterocycles. The zero-order valence-corrected chi connectivity index (χ0v) is 17.0. The van der Waals surface area contributed by atoms with Gasteiger partial charge < -0.3 is 9.88 Å². The summed E-state index contributed by atoms with van der Waals surface area (Å²) in [6.45, 7) is 0.143. The predicted molar refractivity (Wildman–Crippen MR) is 108 cm³/mol. The lowest BCUT2D eigenvalue weighted by atomic mass is 9.49. The molecule has 1 N–H and O–H groups in total. The molecule has 4 aliphatic carbocycles. The number of fused-ring (bicyclic) bond motifs is 3. The van der Waals surface area contributed by atoms with Crippen LogP contribution in [0.3, 0.4) is 0 Å². The van der Waals surface area contributed by atoms with E-state index >= 15 is 0 Å². The minimum atomic E-state index is -4.49. The van der Waals surface area contributed by atoms with Crippen molar-refractivity contribution in [2.75, 3.05) is 6.54 Å². The Labute approximate surface area is 174 Å². The Bertz CT molecular complexity index is 972. The number of nitrogens with zero attached hydrogens (tertiary/aromatic N) is 1. The fourth-order valence-electron chi connectivity index (χ4n) is 7.78. The normalized spacial score (nSPS) is 35.1. The number of aromatic nitrogens is 1. The number of hydrogen-bond donors (Lipinski definition) is 1. The molecular weight excluding hydrogens is 389 g/mol. The van der Waals surface area contributed by atoms with E-state index in [1.165, 1.54) is 19.3 Å². The van der Waals surface area contributed by atoms with Crippen molar-refractivity contribution in [3.63, 3.8) is 0 Å². The maximum Gasteiger partial charge on any atom is 0.414 e. The first-order valence-corrected chi connectivity index (χ1v) is 11.3. The Morgan fingerprint density at radius 3 is 2.33 bits per heavy atom. The first kappa shape index (κ1) is 18.8. The topological polar surface area (TPSA) is 36.1 Å². The predicted octanol–water partition coefficient (Wildman–Crippen LogP) is 5.76. The minimum Gasteiger partial charge on any atom is -0.356 e. The molecule has 6 heteroatoms. The molecule has 1 aromatic heterocycles. The van der Waals surface area contributed by atoms with E-state index in [0.717, 1.165) is 29.5 Å². The van der Waals surface area contributed by atoms with Gasteiger partial charge in [0.25, 0.3) is 0 Å². The molecule has 0 radical (unpaired) electrons. The molecule has 0 spiro atoms. The highest BCUT2D eigenvalue weighted by atomic mass is 19.4. The molecule has 7 rings (SSSR count). The monoisotopic (exact) mass is 416 g/mol. The summed E-state index contributed by atoms with van der Waals surface area (Å²) in [6.07, 6.45) is 3.17. The molecule has 2 heterocycles. The zero-order chi connectivity index (χ0) is 20.7. The van der Waals surface area contributed by atoms with Crippen molar-refractivity contribution in [2.24, 2.45) is 23.2 Å². The van der Waals surface area contributed by atoms with Gasteiger partial charge in [-0.05, 0) is 79.7 Å². The molecule has 5 aliphatic rings. The largest absolute Gasteiger partial charge is 0.414 e. The molecule has 30 heavy (non-hydrogen) atoms. The Morgan fingerprint density at radius 2 is 1.70 bits per heavy atom. The average molecular weight is 416 g/mol. The third kappa shape index (κ3) is 2.82. The molecular formula is C24H27F3N2O. The molecule has 2 aromatic rings. The molecule has 3 nitrogen and oxygen atoms in total. The van der Waals surface area contributed by atoms with Gasteiger partial charge in [0.15, 0.2) is 6.04 Å². The van der Waals surface area contributed by atoms with Gasteiger partial charge in [0.05, 0.1) is 5.69 Å². The number of alkyl halides is 3. The van der Waals surface area contributed by atoms with Crippen LogP contribution in [0.25, 0.3) is 10.9 Å². The summed E-state index contributed by atoms with van der Waals surface area (Å²) in [6, 6.07) is 5.48. The molecule has 4 saturated carbocycles. The molecule has 0 unspecified atom stereocenters. The fraction of sp³-hybridized carbons (Fsp3) is 0.625. The number of hydrogen-bond acceptors (Lipinski definition) is 1. The summed E-state index contributed by atoms with van der Waals surface area (Å²) in [5, 5.41) is 0.843. The second-order valence-electron chi connectivity index (χ2n) is 10.4. The van der Waals surface area contributed by atoms with E-state index in [1.54, 1.807) is 0 Å². The summed E-state index contributed by atoms with van der Waals surface area (Å²) in [7, 11) is 0. The Kier molecular flexibility index (Phi) is 3.92. The van der Waals surface area contributed by atoms with Crippen LogP contribution in [0.5, 0.6) is 0 Å². The van der Waals surface area contributed by atoms with Crippen LogP contribution in [0.1, 0.15) is 62.2 Å². The van der Waals surface area contributed by atoms with Gasteiger partial charge in [-0.15, -0.1) is 0 Å². The van der Waals surface area contributed by atoms with E-state index < -0.39 is 12.2 Å². The van der Waals surface area contributed by atoms with Crippen LogP contribution in [-0.2, 0) is 11.2 Å². The van der Waals surface area contributed by atoms with Crippen molar-refractivity contribution in [3.05, 3.63) is 35.5 Å². The number of benzene rings is 1. The number of carbonyl (C=O) groups is 1. The van der Waals surface area contributed by atoms with E-state index in [4.69, 9.17) is 0 Å². The van der Waals surface area contributed by atoms with Gasteiger partial charge in [-0.1, -0.05) is 18.2 Å². The number of rotatable bonds is 2. The van der Waals surface area contributed by atoms with E-state index in [1.807, 2.05) is 24.3 Å². The molecule has 4 fully saturated rings. The summed E-state index contributed by atoms with van der Waals surface area (Å²) in [5.74, 6) is 1.75. The quantitative estimate of drug-likeness (QED) is 0.664. The van der Waals surface area contributed by atoms with Gasteiger partial charge in [0, 0.05) is 23.9 Å². The smallest absolute Gasteiger partial charge is 0.356 e. The van der Waals surface area contributed by atoms with Crippen LogP contribution in [-0.4, -0.2) is 28.5 Å². The molecule has 4 bridgehead atoms. The molecule has 160 valence electrons. The van der Waals surface area contributed by atoms with E-state index in [9.17, 15) is 18.0 Å². The number of para-hydroxylation sites is 1. The number of halogens is 3. The summed E-state index contributed by atoms with van der Waals surface area (Å²) >= 11 is 0. The third-order valence-corrected chi connectivity index (χ3v) is 8.36. The van der Waals surface area contributed by atoms with E-state index in [0.29, 0.717) is 41.7 Å². The second kappa shape index (κ2) is 6.27. The number of nitrogens with one attached hydrogen (secondary N) is 1. The third-order valence-electron chi connectivity index (χ3n) is 8.36. The summed E-state index contributed by atoms with van der Waals surface area (Å²) < 4.78 is 42.7. The van der Waals surface area contributed by atoms with Crippen LogP contribution in [0.2, 0.25) is 0 Å². The lowest BCUT2D eigenvalue weighted by Gasteiger charge is -2.57. The number of aromatic amines is 1. The van der Waals surface area contributed by atoms with Gasteiger partial charge >= 0.3 is 6.18 Å². The highest BCUT2D eigenvalue weighted by molar-refractivity contribution is 5.86. The number of carbonyl (C=O) groups excluding carboxylic acids is 1. The van der Waals surface area contributed by atoms with Crippen molar-refractivity contribution in [3.8, 4) is 0 Å². The van der Waals surface area contributed by atoms with Gasteiger partial charge in [0.1, 0.15) is 0 Å². The SMILES string of the molecule is O=C(CC12CC3CC(CC(C3)C1)C2)N1CCc2c([nH]c3ccccc23)[C@H]1C(F)(F)F. The Morgan fingerprint density at radius 1 is 1.07 bits per heavy atom. The minimum absolute atomic E-state index is 0.0529. The van der Waals surface area contributed by atoms with Crippen LogP contribution in [0, 0.1) is 23.2 Å². The maximum absolute atomic E-state index is 14.2. The van der Waals surface area contributed by atoms with Crippen molar-refractivity contribution >= 4 is 16.8 Å². The van der Waals surface area contributed by atoms with Crippen LogP contribution >= 0.6 is 0 Å². The highest BCUT2D eigenvalue weighted by Crippen LogP contribution is 2.61. The van der Waals surface area contributed by atoms with Crippen molar-refractivity contribution in [1.29, 1.82) is 0 Å². The first-order valence-electron chi connectivity index (χ1n) is 11.3.